The number of esters is 1. The summed E-state index contributed by atoms with van der Waals surface area (Å²) < 4.78 is 4.80. The van der Waals surface area contributed by atoms with E-state index in [4.69, 9.17) is 10.5 Å². The molecule has 4 rings (SSSR count). The molecule has 1 aliphatic rings. The SMILES string of the molecule is COC(=O)c1ccc2c(c1)NC(=O)C2=C(Nc1ccc(C(N)CCNC(C)=O)cc1)c1ccccc1. The number of fused-ring (bicyclic) bond motifs is 1. The van der Waals surface area contributed by atoms with E-state index in [2.05, 4.69) is 16.0 Å². The van der Waals surface area contributed by atoms with Crippen LogP contribution < -0.4 is 21.7 Å². The third-order valence-corrected chi connectivity index (χ3v) is 5.94. The summed E-state index contributed by atoms with van der Waals surface area (Å²) >= 11 is 0. The van der Waals surface area contributed by atoms with E-state index in [0.717, 1.165) is 16.8 Å². The average Bonchev–Trinajstić information content (AvgIpc) is 3.22. The lowest BCUT2D eigenvalue weighted by atomic mass is 9.98. The molecule has 3 aromatic carbocycles. The zero-order chi connectivity index (χ0) is 25.7. The number of nitrogens with one attached hydrogen (secondary N) is 3. The molecule has 0 radical (unpaired) electrons. The van der Waals surface area contributed by atoms with Gasteiger partial charge in [-0.3, -0.25) is 9.59 Å². The number of ether oxygens (including phenoxy) is 1. The lowest BCUT2D eigenvalue weighted by Gasteiger charge is -2.16. The normalized spacial score (nSPS) is 14.4. The number of amides is 2. The highest BCUT2D eigenvalue weighted by Gasteiger charge is 2.29. The Morgan fingerprint density at radius 2 is 1.72 bits per heavy atom. The van der Waals surface area contributed by atoms with Crippen molar-refractivity contribution in [1.82, 2.24) is 5.32 Å². The molecule has 0 aromatic heterocycles. The van der Waals surface area contributed by atoms with Crippen molar-refractivity contribution in [3.8, 4) is 0 Å². The standard InChI is InChI=1S/C28H28N4O4/c1-17(33)30-15-14-23(29)18-8-11-21(12-9-18)31-26(19-6-4-3-5-7-19)25-22-13-10-20(28(35)36-2)16-24(22)32-27(25)34/h3-13,16,23,31H,14-15,29H2,1-2H3,(H,30,33)(H,32,34). The summed E-state index contributed by atoms with van der Waals surface area (Å²) in [6, 6.07) is 22.0. The van der Waals surface area contributed by atoms with E-state index in [1.54, 1.807) is 18.2 Å². The predicted molar refractivity (Wildman–Crippen MR) is 140 cm³/mol. The van der Waals surface area contributed by atoms with Crippen LogP contribution in [0.4, 0.5) is 11.4 Å². The Labute approximate surface area is 209 Å². The van der Waals surface area contributed by atoms with Crippen LogP contribution in [0.1, 0.15) is 46.4 Å². The van der Waals surface area contributed by atoms with Crippen molar-refractivity contribution in [2.24, 2.45) is 5.73 Å². The molecule has 1 atom stereocenters. The lowest BCUT2D eigenvalue weighted by Crippen LogP contribution is -2.24. The fourth-order valence-electron chi connectivity index (χ4n) is 4.08. The molecular weight excluding hydrogens is 456 g/mol. The van der Waals surface area contributed by atoms with E-state index in [1.807, 2.05) is 54.6 Å². The molecule has 1 aliphatic heterocycles. The maximum absolute atomic E-state index is 13.1. The number of rotatable bonds is 8. The van der Waals surface area contributed by atoms with Gasteiger partial charge < -0.3 is 26.4 Å². The number of nitrogens with two attached hydrogens (primary N) is 1. The average molecular weight is 485 g/mol. The van der Waals surface area contributed by atoms with Crippen LogP contribution in [0.15, 0.2) is 72.8 Å². The Kier molecular flexibility index (Phi) is 7.46. The summed E-state index contributed by atoms with van der Waals surface area (Å²) in [7, 11) is 1.32. The third-order valence-electron chi connectivity index (χ3n) is 5.94. The fourth-order valence-corrected chi connectivity index (χ4v) is 4.08. The van der Waals surface area contributed by atoms with Gasteiger partial charge >= 0.3 is 5.97 Å². The Balaban J connectivity index is 1.66. The highest BCUT2D eigenvalue weighted by Crippen LogP contribution is 2.38. The van der Waals surface area contributed by atoms with Gasteiger partial charge in [-0.1, -0.05) is 48.5 Å². The summed E-state index contributed by atoms with van der Waals surface area (Å²) in [5.74, 6) is -0.821. The van der Waals surface area contributed by atoms with Crippen molar-refractivity contribution in [2.45, 2.75) is 19.4 Å². The summed E-state index contributed by atoms with van der Waals surface area (Å²) in [5.41, 5.74) is 11.5. The van der Waals surface area contributed by atoms with Gasteiger partial charge in [-0.2, -0.15) is 0 Å². The van der Waals surface area contributed by atoms with Gasteiger partial charge in [0, 0.05) is 30.8 Å². The van der Waals surface area contributed by atoms with Crippen molar-refractivity contribution in [3.05, 3.63) is 95.1 Å². The highest BCUT2D eigenvalue weighted by atomic mass is 16.5. The largest absolute Gasteiger partial charge is 0.465 e. The van der Waals surface area contributed by atoms with Crippen molar-refractivity contribution in [1.29, 1.82) is 0 Å². The molecule has 1 heterocycles. The van der Waals surface area contributed by atoms with Crippen molar-refractivity contribution < 1.29 is 19.1 Å². The number of hydrogen-bond donors (Lipinski definition) is 4. The Morgan fingerprint density at radius 3 is 2.39 bits per heavy atom. The molecule has 3 aromatic rings. The molecule has 1 unspecified atom stereocenters. The van der Waals surface area contributed by atoms with E-state index < -0.39 is 5.97 Å². The van der Waals surface area contributed by atoms with Crippen molar-refractivity contribution in [3.63, 3.8) is 0 Å². The first-order valence-electron chi connectivity index (χ1n) is 11.6. The second-order valence-corrected chi connectivity index (χ2v) is 8.45. The van der Waals surface area contributed by atoms with Gasteiger partial charge in [0.1, 0.15) is 0 Å². The minimum Gasteiger partial charge on any atom is -0.465 e. The van der Waals surface area contributed by atoms with Crippen LogP contribution in [-0.4, -0.2) is 31.4 Å². The molecule has 0 saturated carbocycles. The topological polar surface area (TPSA) is 123 Å². The molecule has 8 heteroatoms. The van der Waals surface area contributed by atoms with Crippen LogP contribution in [0.25, 0.3) is 11.3 Å². The molecular formula is C28H28N4O4. The fraction of sp³-hybridized carbons (Fsp3) is 0.179. The first-order chi connectivity index (χ1) is 17.4. The Hall–Kier alpha value is -4.43. The number of carbonyl (C=O) groups excluding carboxylic acids is 3. The number of carbonyl (C=O) groups is 3. The number of benzene rings is 3. The Morgan fingerprint density at radius 1 is 1.00 bits per heavy atom. The van der Waals surface area contributed by atoms with Gasteiger partial charge in [-0.05, 0) is 41.8 Å². The number of anilines is 2. The van der Waals surface area contributed by atoms with Gasteiger partial charge in [0.25, 0.3) is 5.91 Å². The first-order valence-corrected chi connectivity index (χ1v) is 11.6. The lowest BCUT2D eigenvalue weighted by molar-refractivity contribution is -0.119. The molecule has 2 amide bonds. The van der Waals surface area contributed by atoms with Crippen LogP contribution in [-0.2, 0) is 14.3 Å². The van der Waals surface area contributed by atoms with E-state index in [1.165, 1.54) is 14.0 Å². The number of methoxy groups -OCH3 is 1. The van der Waals surface area contributed by atoms with Crippen LogP contribution in [0.2, 0.25) is 0 Å². The number of hydrogen-bond acceptors (Lipinski definition) is 6. The second-order valence-electron chi connectivity index (χ2n) is 8.45. The second kappa shape index (κ2) is 10.9. The van der Waals surface area contributed by atoms with Crippen molar-refractivity contribution in [2.75, 3.05) is 24.3 Å². The maximum atomic E-state index is 13.1. The van der Waals surface area contributed by atoms with Crippen molar-refractivity contribution >= 4 is 40.4 Å². The quantitative estimate of drug-likeness (QED) is 0.284. The molecule has 0 saturated heterocycles. The summed E-state index contributed by atoms with van der Waals surface area (Å²) in [5, 5.41) is 9.03. The molecule has 0 aliphatic carbocycles. The third kappa shape index (κ3) is 5.45. The van der Waals surface area contributed by atoms with Gasteiger partial charge in [0.2, 0.25) is 5.91 Å². The van der Waals surface area contributed by atoms with E-state index >= 15 is 0 Å². The molecule has 0 bridgehead atoms. The minimum absolute atomic E-state index is 0.0812. The molecule has 8 nitrogen and oxygen atoms in total. The summed E-state index contributed by atoms with van der Waals surface area (Å²) in [4.78, 5) is 36.1. The van der Waals surface area contributed by atoms with Gasteiger partial charge in [-0.25, -0.2) is 4.79 Å². The van der Waals surface area contributed by atoms with Gasteiger partial charge in [0.15, 0.2) is 0 Å². The maximum Gasteiger partial charge on any atom is 0.337 e. The zero-order valence-electron chi connectivity index (χ0n) is 20.1. The smallest absolute Gasteiger partial charge is 0.337 e. The summed E-state index contributed by atoms with van der Waals surface area (Å²) in [6.45, 7) is 1.98. The van der Waals surface area contributed by atoms with Crippen LogP contribution in [0.5, 0.6) is 0 Å². The van der Waals surface area contributed by atoms with Crippen LogP contribution >= 0.6 is 0 Å². The highest BCUT2D eigenvalue weighted by molar-refractivity contribution is 6.37. The summed E-state index contributed by atoms with van der Waals surface area (Å²) in [6.07, 6.45) is 0.621. The minimum atomic E-state index is -0.471. The Bertz CT molecular complexity index is 1320. The predicted octanol–water partition coefficient (Wildman–Crippen LogP) is 3.93. The first kappa shape index (κ1) is 24.7. The molecule has 0 spiro atoms. The molecule has 0 fully saturated rings. The van der Waals surface area contributed by atoms with E-state index in [9.17, 15) is 14.4 Å². The zero-order valence-corrected chi connectivity index (χ0v) is 20.1. The van der Waals surface area contributed by atoms with Crippen LogP contribution in [0.3, 0.4) is 0 Å². The molecule has 184 valence electrons. The van der Waals surface area contributed by atoms with E-state index in [0.29, 0.717) is 41.1 Å². The molecule has 5 N–H and O–H groups in total. The monoisotopic (exact) mass is 484 g/mol. The van der Waals surface area contributed by atoms with Gasteiger partial charge in [-0.15, -0.1) is 0 Å². The molecule has 36 heavy (non-hydrogen) atoms. The van der Waals surface area contributed by atoms with Crippen LogP contribution in [0, 0.1) is 0 Å². The van der Waals surface area contributed by atoms with Gasteiger partial charge in [0.05, 0.1) is 29.6 Å². The van der Waals surface area contributed by atoms with E-state index in [-0.39, 0.29) is 17.9 Å².